The number of nitrogens with zero attached hydrogens (tertiary/aromatic N) is 2. The first-order chi connectivity index (χ1) is 18.3. The molecule has 0 atom stereocenters. The molecule has 0 saturated carbocycles. The maximum atomic E-state index is 12.9. The fourth-order valence-corrected chi connectivity index (χ4v) is 3.79. The van der Waals surface area contributed by atoms with E-state index in [1.165, 1.54) is 18.2 Å². The number of allylic oxidation sites excluding steroid dienone is 1. The number of rotatable bonds is 11. The predicted molar refractivity (Wildman–Crippen MR) is 147 cm³/mol. The molecule has 0 aromatic heterocycles. The third-order valence-electron chi connectivity index (χ3n) is 5.54. The molecule has 0 aliphatic rings. The van der Waals surface area contributed by atoms with Gasteiger partial charge in [0.05, 0.1) is 11.5 Å². The molecular weight excluding hydrogens is 506 g/mol. The van der Waals surface area contributed by atoms with Gasteiger partial charge in [-0.15, -0.1) is 6.58 Å². The van der Waals surface area contributed by atoms with Crippen molar-refractivity contribution in [2.45, 2.75) is 26.9 Å². The Bertz CT molecular complexity index is 1430. The normalized spacial score (nSPS) is 10.8. The minimum Gasteiger partial charge on any atom is -0.490 e. The maximum absolute atomic E-state index is 12.9. The summed E-state index contributed by atoms with van der Waals surface area (Å²) in [6.07, 6.45) is 3.62. The number of amides is 1. The van der Waals surface area contributed by atoms with E-state index in [4.69, 9.17) is 21.1 Å². The number of carbonyl (C=O) groups is 1. The highest BCUT2D eigenvalue weighted by Crippen LogP contribution is 2.35. The number of nitriles is 1. The lowest BCUT2D eigenvalue weighted by atomic mass is 10.0. The fourth-order valence-electron chi connectivity index (χ4n) is 3.62. The van der Waals surface area contributed by atoms with E-state index >= 15 is 0 Å². The van der Waals surface area contributed by atoms with Crippen LogP contribution in [0.15, 0.2) is 72.8 Å². The first-order valence-electron chi connectivity index (χ1n) is 11.7. The molecule has 0 radical (unpaired) electrons. The van der Waals surface area contributed by atoms with Crippen LogP contribution in [0.2, 0.25) is 5.02 Å². The Morgan fingerprint density at radius 3 is 2.58 bits per heavy atom. The fraction of sp³-hybridized carbons (Fsp3) is 0.172. The van der Waals surface area contributed by atoms with Gasteiger partial charge in [-0.2, -0.15) is 5.26 Å². The zero-order chi connectivity index (χ0) is 27.7. The molecule has 0 fully saturated rings. The number of hydrogen-bond acceptors (Lipinski definition) is 6. The van der Waals surface area contributed by atoms with Crippen LogP contribution in [0, 0.1) is 28.4 Å². The van der Waals surface area contributed by atoms with Gasteiger partial charge in [0.15, 0.2) is 11.5 Å². The van der Waals surface area contributed by atoms with Crippen molar-refractivity contribution in [3.63, 3.8) is 0 Å². The van der Waals surface area contributed by atoms with E-state index in [9.17, 15) is 20.2 Å². The van der Waals surface area contributed by atoms with E-state index in [0.717, 1.165) is 11.1 Å². The molecule has 1 amide bonds. The van der Waals surface area contributed by atoms with Crippen LogP contribution in [0.1, 0.15) is 29.2 Å². The molecule has 0 spiro atoms. The van der Waals surface area contributed by atoms with Gasteiger partial charge in [0.25, 0.3) is 11.6 Å². The van der Waals surface area contributed by atoms with E-state index in [1.807, 2.05) is 13.0 Å². The SMILES string of the molecule is C=CCc1cc(/C=C(\C#N)C(=O)Nc2cccc(Cl)c2C)cc(OCC)c1OCc1ccc([N+](=O)[O-])cc1. The number of nitro groups is 1. The Labute approximate surface area is 225 Å². The average Bonchev–Trinajstić information content (AvgIpc) is 2.90. The smallest absolute Gasteiger partial charge is 0.269 e. The number of nitro benzene ring substituents is 1. The third kappa shape index (κ3) is 6.99. The summed E-state index contributed by atoms with van der Waals surface area (Å²) >= 11 is 6.14. The molecule has 0 aliphatic heterocycles. The lowest BCUT2D eigenvalue weighted by Gasteiger charge is -2.17. The largest absolute Gasteiger partial charge is 0.490 e. The molecule has 0 heterocycles. The number of halogens is 1. The topological polar surface area (TPSA) is 114 Å². The quantitative estimate of drug-likeness (QED) is 0.0955. The van der Waals surface area contributed by atoms with Crippen molar-refractivity contribution in [3.8, 4) is 17.6 Å². The second kappa shape index (κ2) is 13.1. The van der Waals surface area contributed by atoms with Crippen LogP contribution in [-0.2, 0) is 17.8 Å². The highest BCUT2D eigenvalue weighted by atomic mass is 35.5. The van der Waals surface area contributed by atoms with Gasteiger partial charge in [0, 0.05) is 28.4 Å². The van der Waals surface area contributed by atoms with Crippen LogP contribution in [0.4, 0.5) is 11.4 Å². The highest BCUT2D eigenvalue weighted by Gasteiger charge is 2.16. The average molecular weight is 532 g/mol. The lowest BCUT2D eigenvalue weighted by Crippen LogP contribution is -2.14. The predicted octanol–water partition coefficient (Wildman–Crippen LogP) is 6.81. The Balaban J connectivity index is 1.92. The Kier molecular flexibility index (Phi) is 9.63. The number of anilines is 1. The molecule has 9 heteroatoms. The minimum absolute atomic E-state index is 0.00454. The highest BCUT2D eigenvalue weighted by molar-refractivity contribution is 6.31. The Hall–Kier alpha value is -4.61. The summed E-state index contributed by atoms with van der Waals surface area (Å²) in [4.78, 5) is 23.3. The third-order valence-corrected chi connectivity index (χ3v) is 5.95. The van der Waals surface area contributed by atoms with Crippen molar-refractivity contribution in [2.24, 2.45) is 0 Å². The summed E-state index contributed by atoms with van der Waals surface area (Å²) in [5.41, 5.74) is 3.16. The van der Waals surface area contributed by atoms with Gasteiger partial charge in [0.1, 0.15) is 18.2 Å². The lowest BCUT2D eigenvalue weighted by molar-refractivity contribution is -0.384. The monoisotopic (exact) mass is 531 g/mol. The Morgan fingerprint density at radius 2 is 1.95 bits per heavy atom. The molecule has 38 heavy (non-hydrogen) atoms. The number of hydrogen-bond donors (Lipinski definition) is 1. The first kappa shape index (κ1) is 28.0. The molecule has 3 rings (SSSR count). The minimum atomic E-state index is -0.570. The summed E-state index contributed by atoms with van der Waals surface area (Å²) in [5, 5.41) is 23.9. The van der Waals surface area contributed by atoms with Gasteiger partial charge in [-0.05, 0) is 79.4 Å². The van der Waals surface area contributed by atoms with Crippen LogP contribution >= 0.6 is 11.6 Å². The van der Waals surface area contributed by atoms with Gasteiger partial charge in [0.2, 0.25) is 0 Å². The molecule has 0 saturated heterocycles. The molecule has 1 N–H and O–H groups in total. The molecule has 0 bridgehead atoms. The van der Waals surface area contributed by atoms with Crippen molar-refractivity contribution in [2.75, 3.05) is 11.9 Å². The standard InChI is InChI=1S/C29H26ClN3O5/c1-4-7-22-14-21(15-23(17-31)29(34)32-26-9-6-8-25(30)19(26)3)16-27(37-5-2)28(22)38-18-20-10-12-24(13-11-20)33(35)36/h4,6,8-16H,1,5,7,18H2,2-3H3,(H,32,34)/b23-15+. The number of ether oxygens (including phenoxy) is 2. The molecule has 8 nitrogen and oxygen atoms in total. The number of non-ortho nitro benzene ring substituents is 1. The maximum Gasteiger partial charge on any atom is 0.269 e. The number of benzene rings is 3. The summed E-state index contributed by atoms with van der Waals surface area (Å²) < 4.78 is 11.9. The van der Waals surface area contributed by atoms with E-state index in [2.05, 4.69) is 11.9 Å². The molecule has 0 aliphatic carbocycles. The van der Waals surface area contributed by atoms with Crippen molar-refractivity contribution in [1.29, 1.82) is 5.26 Å². The zero-order valence-electron chi connectivity index (χ0n) is 21.0. The van der Waals surface area contributed by atoms with E-state index in [0.29, 0.717) is 46.4 Å². The molecular formula is C29H26ClN3O5. The molecule has 194 valence electrons. The zero-order valence-corrected chi connectivity index (χ0v) is 21.7. The Morgan fingerprint density at radius 1 is 1.21 bits per heavy atom. The molecule has 0 unspecified atom stereocenters. The van der Waals surface area contributed by atoms with Crippen molar-refractivity contribution in [1.82, 2.24) is 0 Å². The van der Waals surface area contributed by atoms with Gasteiger partial charge in [-0.25, -0.2) is 0 Å². The summed E-state index contributed by atoms with van der Waals surface area (Å²) in [5.74, 6) is 0.350. The van der Waals surface area contributed by atoms with E-state index < -0.39 is 10.8 Å². The van der Waals surface area contributed by atoms with Crippen molar-refractivity contribution < 1.29 is 19.2 Å². The van der Waals surface area contributed by atoms with Gasteiger partial charge >= 0.3 is 0 Å². The van der Waals surface area contributed by atoms with Gasteiger partial charge in [-0.3, -0.25) is 14.9 Å². The van der Waals surface area contributed by atoms with Crippen LogP contribution < -0.4 is 14.8 Å². The first-order valence-corrected chi connectivity index (χ1v) is 12.1. The second-order valence-electron chi connectivity index (χ2n) is 8.18. The number of carbonyl (C=O) groups excluding carboxylic acids is 1. The van der Waals surface area contributed by atoms with E-state index in [-0.39, 0.29) is 17.9 Å². The summed E-state index contributed by atoms with van der Waals surface area (Å²) in [6.45, 7) is 7.93. The van der Waals surface area contributed by atoms with Gasteiger partial charge < -0.3 is 14.8 Å². The summed E-state index contributed by atoms with van der Waals surface area (Å²) in [7, 11) is 0. The van der Waals surface area contributed by atoms with Crippen molar-refractivity contribution >= 4 is 35.0 Å². The van der Waals surface area contributed by atoms with Gasteiger partial charge in [-0.1, -0.05) is 23.7 Å². The summed E-state index contributed by atoms with van der Waals surface area (Å²) in [6, 6.07) is 16.7. The van der Waals surface area contributed by atoms with Crippen LogP contribution in [0.5, 0.6) is 11.5 Å². The van der Waals surface area contributed by atoms with Crippen LogP contribution in [0.3, 0.4) is 0 Å². The second-order valence-corrected chi connectivity index (χ2v) is 8.59. The molecule has 3 aromatic carbocycles. The van der Waals surface area contributed by atoms with Crippen LogP contribution in [-0.4, -0.2) is 17.4 Å². The molecule has 3 aromatic rings. The van der Waals surface area contributed by atoms with E-state index in [1.54, 1.807) is 55.5 Å². The number of nitrogens with one attached hydrogen (secondary N) is 1. The van der Waals surface area contributed by atoms with Crippen LogP contribution in [0.25, 0.3) is 6.08 Å². The van der Waals surface area contributed by atoms with Crippen molar-refractivity contribution in [3.05, 3.63) is 110 Å².